The van der Waals surface area contributed by atoms with E-state index in [4.69, 9.17) is 0 Å². The van der Waals surface area contributed by atoms with Crippen molar-refractivity contribution in [2.45, 2.75) is 46.5 Å². The topological polar surface area (TPSA) is 12.0 Å². The summed E-state index contributed by atoms with van der Waals surface area (Å²) in [6, 6.07) is 0. The van der Waals surface area contributed by atoms with Gasteiger partial charge >= 0.3 is 0 Å². The first-order chi connectivity index (χ1) is 7.70. The molecule has 1 heteroatoms. The molecule has 0 aliphatic carbocycles. The van der Waals surface area contributed by atoms with Crippen LogP contribution in [0.2, 0.25) is 0 Å². The lowest BCUT2D eigenvalue weighted by Gasteiger charge is -1.99. The molecule has 0 aromatic carbocycles. The molecule has 1 N–H and O–H groups in total. The van der Waals surface area contributed by atoms with E-state index >= 15 is 0 Å². The Morgan fingerprint density at radius 2 is 2.12 bits per heavy atom. The highest BCUT2D eigenvalue weighted by atomic mass is 14.8. The van der Waals surface area contributed by atoms with Crippen LogP contribution >= 0.6 is 0 Å². The van der Waals surface area contributed by atoms with Crippen molar-refractivity contribution in [3.8, 4) is 0 Å². The van der Waals surface area contributed by atoms with Crippen LogP contribution in [0.15, 0.2) is 36.0 Å². The van der Waals surface area contributed by atoms with Crippen molar-refractivity contribution in [3.05, 3.63) is 36.0 Å². The number of nitrogens with one attached hydrogen (secondary N) is 1. The van der Waals surface area contributed by atoms with Crippen molar-refractivity contribution in [3.63, 3.8) is 0 Å². The Balaban J connectivity index is 0.000000385. The van der Waals surface area contributed by atoms with Gasteiger partial charge in [-0.2, -0.15) is 0 Å². The van der Waals surface area contributed by atoms with Crippen LogP contribution in [0, 0.1) is 0 Å². The van der Waals surface area contributed by atoms with Gasteiger partial charge in [0.15, 0.2) is 0 Å². The maximum absolute atomic E-state index is 3.67. The van der Waals surface area contributed by atoms with E-state index in [9.17, 15) is 0 Å². The van der Waals surface area contributed by atoms with Gasteiger partial charge in [-0.15, -0.1) is 6.58 Å². The third-order valence-electron chi connectivity index (χ3n) is 2.58. The molecule has 1 saturated heterocycles. The van der Waals surface area contributed by atoms with Crippen molar-refractivity contribution >= 4 is 0 Å². The van der Waals surface area contributed by atoms with Crippen LogP contribution in [0.5, 0.6) is 0 Å². The third kappa shape index (κ3) is 9.72. The minimum Gasteiger partial charge on any atom is -0.313 e. The monoisotopic (exact) mass is 221 g/mol. The van der Waals surface area contributed by atoms with Crippen molar-refractivity contribution in [2.24, 2.45) is 0 Å². The molecular weight excluding hydrogens is 194 g/mol. The first kappa shape index (κ1) is 15.2. The number of hydrogen-bond acceptors (Lipinski definition) is 1. The summed E-state index contributed by atoms with van der Waals surface area (Å²) in [5.74, 6) is 0. The van der Waals surface area contributed by atoms with E-state index in [1.165, 1.54) is 31.4 Å². The van der Waals surface area contributed by atoms with Gasteiger partial charge in [-0.3, -0.25) is 0 Å². The van der Waals surface area contributed by atoms with Crippen LogP contribution in [0.4, 0.5) is 0 Å². The average Bonchev–Trinajstić information content (AvgIpc) is 2.55. The smallest absolute Gasteiger partial charge is 0.0167 e. The highest BCUT2D eigenvalue weighted by molar-refractivity contribution is 5.14. The second kappa shape index (κ2) is 10.7. The molecule has 0 amide bonds. The van der Waals surface area contributed by atoms with Crippen LogP contribution in [-0.2, 0) is 0 Å². The Bertz CT molecular complexity index is 226. The Morgan fingerprint density at radius 1 is 1.44 bits per heavy atom. The number of allylic oxidation sites excluding steroid dienone is 4. The number of rotatable bonds is 2. The zero-order chi connectivity index (χ0) is 12.2. The van der Waals surface area contributed by atoms with Crippen molar-refractivity contribution < 1.29 is 0 Å². The zero-order valence-corrected chi connectivity index (χ0v) is 11.2. The summed E-state index contributed by atoms with van der Waals surface area (Å²) < 4.78 is 0. The molecule has 0 atom stereocenters. The van der Waals surface area contributed by atoms with Crippen molar-refractivity contribution in [1.82, 2.24) is 5.32 Å². The van der Waals surface area contributed by atoms with Gasteiger partial charge in [0.2, 0.25) is 0 Å². The molecule has 16 heavy (non-hydrogen) atoms. The van der Waals surface area contributed by atoms with Gasteiger partial charge in [0.05, 0.1) is 0 Å². The minimum atomic E-state index is 1.09. The van der Waals surface area contributed by atoms with E-state index in [1.807, 2.05) is 6.92 Å². The Labute approximate surface area is 101 Å². The largest absolute Gasteiger partial charge is 0.313 e. The van der Waals surface area contributed by atoms with E-state index in [1.54, 1.807) is 5.57 Å². The molecule has 1 aliphatic rings. The van der Waals surface area contributed by atoms with Crippen LogP contribution in [0.1, 0.15) is 46.5 Å². The quantitative estimate of drug-likeness (QED) is 0.688. The summed E-state index contributed by atoms with van der Waals surface area (Å²) in [6.45, 7) is 12.1. The molecule has 1 heterocycles. The standard InChI is InChI=1S/C10H17N.C5H10/c1-2-3-6-10-7-4-5-8-11-9-10;1-4-5(2)3/h2-3,6,11H,4-5,7-9H2,1H3;2,4H2,1,3H3/b3-2-,10-6-;. The molecule has 1 fully saturated rings. The molecule has 0 spiro atoms. The highest BCUT2D eigenvalue weighted by Gasteiger charge is 2.00. The molecule has 0 unspecified atom stereocenters. The molecule has 0 aromatic heterocycles. The Morgan fingerprint density at radius 3 is 2.69 bits per heavy atom. The van der Waals surface area contributed by atoms with Crippen LogP contribution in [0.25, 0.3) is 0 Å². The second-order valence-electron chi connectivity index (χ2n) is 4.30. The molecule has 92 valence electrons. The average molecular weight is 221 g/mol. The second-order valence-corrected chi connectivity index (χ2v) is 4.30. The summed E-state index contributed by atoms with van der Waals surface area (Å²) in [4.78, 5) is 0. The minimum absolute atomic E-state index is 1.09. The maximum Gasteiger partial charge on any atom is 0.0167 e. The van der Waals surface area contributed by atoms with Gasteiger partial charge in [0.1, 0.15) is 0 Å². The molecule has 0 saturated carbocycles. The van der Waals surface area contributed by atoms with Gasteiger partial charge in [-0.25, -0.2) is 0 Å². The van der Waals surface area contributed by atoms with Crippen LogP contribution < -0.4 is 5.32 Å². The fourth-order valence-electron chi connectivity index (χ4n) is 1.31. The fraction of sp³-hybridized carbons (Fsp3) is 0.600. The Hall–Kier alpha value is -0.820. The molecule has 0 bridgehead atoms. The summed E-state index contributed by atoms with van der Waals surface area (Å²) in [5.41, 5.74) is 2.80. The lowest BCUT2D eigenvalue weighted by Crippen LogP contribution is -2.14. The van der Waals surface area contributed by atoms with Crippen LogP contribution in [-0.4, -0.2) is 13.1 Å². The molecule has 1 aliphatic heterocycles. The van der Waals surface area contributed by atoms with E-state index in [-0.39, 0.29) is 0 Å². The third-order valence-corrected chi connectivity index (χ3v) is 2.58. The van der Waals surface area contributed by atoms with E-state index in [2.05, 4.69) is 44.0 Å². The molecule has 0 aromatic rings. The lowest BCUT2D eigenvalue weighted by atomic mass is 10.1. The van der Waals surface area contributed by atoms with Gasteiger partial charge in [-0.1, -0.05) is 36.3 Å². The van der Waals surface area contributed by atoms with E-state index in [0.717, 1.165) is 13.0 Å². The van der Waals surface area contributed by atoms with Gasteiger partial charge in [0.25, 0.3) is 0 Å². The summed E-state index contributed by atoms with van der Waals surface area (Å²) in [6.07, 6.45) is 11.5. The van der Waals surface area contributed by atoms with E-state index < -0.39 is 0 Å². The summed E-state index contributed by atoms with van der Waals surface area (Å²) >= 11 is 0. The lowest BCUT2D eigenvalue weighted by molar-refractivity contribution is 0.710. The molecule has 0 radical (unpaired) electrons. The predicted molar refractivity (Wildman–Crippen MR) is 74.7 cm³/mol. The number of hydrogen-bond donors (Lipinski definition) is 1. The van der Waals surface area contributed by atoms with E-state index in [0.29, 0.717) is 0 Å². The zero-order valence-electron chi connectivity index (χ0n) is 11.2. The maximum atomic E-state index is 3.67. The normalized spacial score (nSPS) is 19.1. The van der Waals surface area contributed by atoms with Gasteiger partial charge < -0.3 is 5.32 Å². The Kier molecular flexibility index (Phi) is 10.1. The fourth-order valence-corrected chi connectivity index (χ4v) is 1.31. The molecule has 1 rings (SSSR count). The first-order valence-corrected chi connectivity index (χ1v) is 6.36. The summed E-state index contributed by atoms with van der Waals surface area (Å²) in [5, 5.41) is 3.40. The first-order valence-electron chi connectivity index (χ1n) is 6.36. The van der Waals surface area contributed by atoms with Crippen molar-refractivity contribution in [1.29, 1.82) is 0 Å². The highest BCUT2D eigenvalue weighted by Crippen LogP contribution is 2.09. The SMILES string of the molecule is C/C=C\C=C1\CCCCNC1.C=C(C)CC. The molecule has 1 nitrogen and oxygen atoms in total. The van der Waals surface area contributed by atoms with Crippen molar-refractivity contribution in [2.75, 3.05) is 13.1 Å². The van der Waals surface area contributed by atoms with Crippen LogP contribution in [0.3, 0.4) is 0 Å². The predicted octanol–water partition coefficient (Wildman–Crippen LogP) is 4.23. The summed E-state index contributed by atoms with van der Waals surface area (Å²) in [7, 11) is 0. The molecular formula is C15H27N. The van der Waals surface area contributed by atoms with Gasteiger partial charge in [0, 0.05) is 6.54 Å². The van der Waals surface area contributed by atoms with Gasteiger partial charge in [-0.05, 0) is 46.1 Å².